The van der Waals surface area contributed by atoms with Crippen LogP contribution in [0.4, 0.5) is 10.2 Å². The molecule has 2 N–H and O–H groups in total. The number of halogens is 1. The van der Waals surface area contributed by atoms with E-state index in [1.54, 1.807) is 7.05 Å². The third-order valence-corrected chi connectivity index (χ3v) is 3.73. The Labute approximate surface area is 112 Å². The molecule has 1 aromatic rings. The van der Waals surface area contributed by atoms with Gasteiger partial charge in [-0.2, -0.15) is 0 Å². The number of rotatable bonds is 4. The van der Waals surface area contributed by atoms with Gasteiger partial charge in [0, 0.05) is 19.8 Å². The van der Waals surface area contributed by atoms with Gasteiger partial charge in [-0.15, -0.1) is 0 Å². The van der Waals surface area contributed by atoms with E-state index < -0.39 is 5.82 Å². The van der Waals surface area contributed by atoms with E-state index in [4.69, 9.17) is 0 Å². The predicted molar refractivity (Wildman–Crippen MR) is 72.6 cm³/mol. The molecule has 0 aliphatic heterocycles. The second-order valence-electron chi connectivity index (χ2n) is 5.27. The van der Waals surface area contributed by atoms with Gasteiger partial charge in [-0.3, -0.25) is 4.79 Å². The summed E-state index contributed by atoms with van der Waals surface area (Å²) in [5, 5.41) is 5.45. The van der Waals surface area contributed by atoms with E-state index in [-0.39, 0.29) is 17.3 Å². The summed E-state index contributed by atoms with van der Waals surface area (Å²) in [4.78, 5) is 15.8. The minimum Gasteiger partial charge on any atom is -0.371 e. The van der Waals surface area contributed by atoms with Gasteiger partial charge in [-0.25, -0.2) is 9.37 Å². The van der Waals surface area contributed by atoms with E-state index in [1.807, 2.05) is 0 Å². The van der Waals surface area contributed by atoms with E-state index >= 15 is 0 Å². The summed E-state index contributed by atoms with van der Waals surface area (Å²) in [5.74, 6) is 0.392. The number of hydrogen-bond donors (Lipinski definition) is 2. The molecule has 19 heavy (non-hydrogen) atoms. The number of carbonyl (C=O) groups is 1. The summed E-state index contributed by atoms with van der Waals surface area (Å²) >= 11 is 0. The zero-order valence-corrected chi connectivity index (χ0v) is 11.4. The van der Waals surface area contributed by atoms with Gasteiger partial charge in [0.15, 0.2) is 11.6 Å². The molecule has 1 heterocycles. The molecule has 1 amide bonds. The van der Waals surface area contributed by atoms with Crippen molar-refractivity contribution >= 4 is 11.7 Å². The lowest BCUT2D eigenvalue weighted by Crippen LogP contribution is -2.29. The molecule has 1 aromatic heterocycles. The van der Waals surface area contributed by atoms with Crippen molar-refractivity contribution < 1.29 is 9.18 Å². The molecule has 5 heteroatoms. The molecular formula is C14H20FN3O. The highest BCUT2D eigenvalue weighted by Crippen LogP contribution is 2.29. The Morgan fingerprint density at radius 3 is 2.95 bits per heavy atom. The summed E-state index contributed by atoms with van der Waals surface area (Å²) in [6.07, 6.45) is 4.93. The molecule has 1 aliphatic carbocycles. The molecule has 1 saturated carbocycles. The first-order valence-electron chi connectivity index (χ1n) is 6.72. The number of nitrogens with zero attached hydrogens (tertiary/aromatic N) is 1. The number of aromatic nitrogens is 1. The van der Waals surface area contributed by atoms with Crippen molar-refractivity contribution in [1.82, 2.24) is 10.3 Å². The Morgan fingerprint density at radius 2 is 2.32 bits per heavy atom. The van der Waals surface area contributed by atoms with Crippen LogP contribution in [-0.4, -0.2) is 24.5 Å². The van der Waals surface area contributed by atoms with Gasteiger partial charge in [-0.05, 0) is 30.7 Å². The SMILES string of the molecule is CNc1nccc(C(=O)NCC2CCC(C)C2)c1F. The lowest BCUT2D eigenvalue weighted by molar-refractivity contribution is 0.0943. The van der Waals surface area contributed by atoms with Crippen LogP contribution in [0.3, 0.4) is 0 Å². The number of carbonyl (C=O) groups excluding carboxylic acids is 1. The molecule has 104 valence electrons. The highest BCUT2D eigenvalue weighted by atomic mass is 19.1. The summed E-state index contributed by atoms with van der Waals surface area (Å²) in [7, 11) is 1.58. The minimum atomic E-state index is -0.595. The molecule has 0 bridgehead atoms. The van der Waals surface area contributed by atoms with Crippen LogP contribution < -0.4 is 10.6 Å². The van der Waals surface area contributed by atoms with Crippen molar-refractivity contribution in [2.45, 2.75) is 26.2 Å². The van der Waals surface area contributed by atoms with Crippen LogP contribution in [0.1, 0.15) is 36.5 Å². The van der Waals surface area contributed by atoms with E-state index in [1.165, 1.54) is 18.7 Å². The van der Waals surface area contributed by atoms with Crippen LogP contribution in [0.15, 0.2) is 12.3 Å². The smallest absolute Gasteiger partial charge is 0.254 e. The Bertz CT molecular complexity index is 464. The molecule has 1 fully saturated rings. The number of amides is 1. The van der Waals surface area contributed by atoms with Crippen molar-refractivity contribution in [3.05, 3.63) is 23.6 Å². The fourth-order valence-corrected chi connectivity index (χ4v) is 2.64. The first kappa shape index (κ1) is 13.8. The summed E-state index contributed by atoms with van der Waals surface area (Å²) in [6.45, 7) is 2.85. The van der Waals surface area contributed by atoms with Crippen molar-refractivity contribution in [2.24, 2.45) is 11.8 Å². The fourth-order valence-electron chi connectivity index (χ4n) is 2.64. The van der Waals surface area contributed by atoms with Gasteiger partial charge in [0.05, 0.1) is 5.56 Å². The van der Waals surface area contributed by atoms with Gasteiger partial charge < -0.3 is 10.6 Å². The lowest BCUT2D eigenvalue weighted by atomic mass is 10.1. The highest BCUT2D eigenvalue weighted by Gasteiger charge is 2.22. The molecule has 0 aromatic carbocycles. The highest BCUT2D eigenvalue weighted by molar-refractivity contribution is 5.95. The Balaban J connectivity index is 1.96. The Morgan fingerprint density at radius 1 is 1.53 bits per heavy atom. The maximum Gasteiger partial charge on any atom is 0.254 e. The van der Waals surface area contributed by atoms with Crippen molar-refractivity contribution in [3.63, 3.8) is 0 Å². The van der Waals surface area contributed by atoms with Crippen LogP contribution >= 0.6 is 0 Å². The molecule has 2 unspecified atom stereocenters. The maximum absolute atomic E-state index is 13.9. The summed E-state index contributed by atoms with van der Waals surface area (Å²) in [6, 6.07) is 1.41. The first-order chi connectivity index (χ1) is 9.11. The molecule has 2 rings (SSSR count). The molecule has 0 saturated heterocycles. The Hall–Kier alpha value is -1.65. The molecule has 0 spiro atoms. The van der Waals surface area contributed by atoms with Crippen molar-refractivity contribution in [1.29, 1.82) is 0 Å². The molecule has 1 aliphatic rings. The standard InChI is InChI=1S/C14H20FN3O/c1-9-3-4-10(7-9)8-18-14(19)11-5-6-17-13(16-2)12(11)15/h5-6,9-10H,3-4,7-8H2,1-2H3,(H,16,17)(H,18,19). The van der Waals surface area contributed by atoms with Gasteiger partial charge in [0.1, 0.15) is 0 Å². The number of nitrogens with one attached hydrogen (secondary N) is 2. The summed E-state index contributed by atoms with van der Waals surface area (Å²) < 4.78 is 13.9. The largest absolute Gasteiger partial charge is 0.371 e. The average molecular weight is 265 g/mol. The quantitative estimate of drug-likeness (QED) is 0.879. The molecular weight excluding hydrogens is 245 g/mol. The zero-order chi connectivity index (χ0) is 13.8. The van der Waals surface area contributed by atoms with Gasteiger partial charge in [-0.1, -0.05) is 13.3 Å². The Kier molecular flexibility index (Phi) is 4.35. The predicted octanol–water partition coefficient (Wildman–Crippen LogP) is 2.43. The average Bonchev–Trinajstić information content (AvgIpc) is 2.82. The van der Waals surface area contributed by atoms with Gasteiger partial charge >= 0.3 is 0 Å². The second-order valence-corrected chi connectivity index (χ2v) is 5.27. The fraction of sp³-hybridized carbons (Fsp3) is 0.571. The minimum absolute atomic E-state index is 0.0467. The molecule has 2 atom stereocenters. The van der Waals surface area contributed by atoms with E-state index in [2.05, 4.69) is 22.5 Å². The van der Waals surface area contributed by atoms with Crippen molar-refractivity contribution in [2.75, 3.05) is 18.9 Å². The first-order valence-corrected chi connectivity index (χ1v) is 6.72. The van der Waals surface area contributed by atoms with Crippen LogP contribution in [0.25, 0.3) is 0 Å². The van der Waals surface area contributed by atoms with Crippen LogP contribution in [0.5, 0.6) is 0 Å². The number of hydrogen-bond acceptors (Lipinski definition) is 3. The van der Waals surface area contributed by atoms with Crippen LogP contribution in [0.2, 0.25) is 0 Å². The third kappa shape index (κ3) is 3.22. The number of pyridine rings is 1. The normalized spacial score (nSPS) is 22.3. The third-order valence-electron chi connectivity index (χ3n) is 3.73. The van der Waals surface area contributed by atoms with Gasteiger partial charge in [0.25, 0.3) is 5.91 Å². The van der Waals surface area contributed by atoms with Crippen LogP contribution in [0, 0.1) is 17.7 Å². The number of anilines is 1. The lowest BCUT2D eigenvalue weighted by Gasteiger charge is -2.12. The van der Waals surface area contributed by atoms with Gasteiger partial charge in [0.2, 0.25) is 0 Å². The molecule has 0 radical (unpaired) electrons. The second kappa shape index (κ2) is 5.99. The monoisotopic (exact) mass is 265 g/mol. The maximum atomic E-state index is 13.9. The van der Waals surface area contributed by atoms with E-state index in [0.717, 1.165) is 18.8 Å². The van der Waals surface area contributed by atoms with Crippen LogP contribution in [-0.2, 0) is 0 Å². The molecule has 4 nitrogen and oxygen atoms in total. The van der Waals surface area contributed by atoms with E-state index in [9.17, 15) is 9.18 Å². The van der Waals surface area contributed by atoms with Crippen molar-refractivity contribution in [3.8, 4) is 0 Å². The topological polar surface area (TPSA) is 54.0 Å². The summed E-state index contributed by atoms with van der Waals surface area (Å²) in [5.41, 5.74) is 0.0467. The zero-order valence-electron chi connectivity index (χ0n) is 11.4. The van der Waals surface area contributed by atoms with E-state index in [0.29, 0.717) is 12.5 Å².